The quantitative estimate of drug-likeness (QED) is 0.580. The molecular formula is C17H16Cl2OS. The largest absolute Gasteiger partial charge is 0.496 e. The molecular weight excluding hydrogens is 323 g/mol. The molecule has 0 fully saturated rings. The van der Waals surface area contributed by atoms with Crippen LogP contribution in [0.2, 0.25) is 10.0 Å². The molecule has 0 aromatic heterocycles. The van der Waals surface area contributed by atoms with Crippen LogP contribution in [0.3, 0.4) is 0 Å². The van der Waals surface area contributed by atoms with Crippen LogP contribution in [0.25, 0.3) is 11.1 Å². The fourth-order valence-corrected chi connectivity index (χ4v) is 3.43. The molecule has 21 heavy (non-hydrogen) atoms. The van der Waals surface area contributed by atoms with Crippen molar-refractivity contribution in [3.8, 4) is 16.9 Å². The Morgan fingerprint density at radius 2 is 1.90 bits per heavy atom. The third kappa shape index (κ3) is 3.57. The molecule has 0 aliphatic carbocycles. The van der Waals surface area contributed by atoms with Gasteiger partial charge < -0.3 is 4.74 Å². The number of benzene rings is 2. The Morgan fingerprint density at radius 1 is 1.19 bits per heavy atom. The van der Waals surface area contributed by atoms with Crippen molar-refractivity contribution < 1.29 is 4.74 Å². The number of allylic oxidation sites excluding steroid dienone is 1. The van der Waals surface area contributed by atoms with Crippen LogP contribution in [0.4, 0.5) is 0 Å². The van der Waals surface area contributed by atoms with Gasteiger partial charge in [-0.3, -0.25) is 0 Å². The molecule has 0 aliphatic rings. The maximum atomic E-state index is 6.36. The predicted molar refractivity (Wildman–Crippen MR) is 93.9 cm³/mol. The van der Waals surface area contributed by atoms with Crippen LogP contribution in [0.15, 0.2) is 46.7 Å². The van der Waals surface area contributed by atoms with E-state index in [0.717, 1.165) is 32.2 Å². The van der Waals surface area contributed by atoms with Crippen LogP contribution >= 0.6 is 35.0 Å². The summed E-state index contributed by atoms with van der Waals surface area (Å²) in [6.45, 7) is 8.01. The van der Waals surface area contributed by atoms with Crippen molar-refractivity contribution in [3.63, 3.8) is 0 Å². The lowest BCUT2D eigenvalue weighted by Gasteiger charge is -2.16. The maximum Gasteiger partial charge on any atom is 0.127 e. The van der Waals surface area contributed by atoms with Crippen molar-refractivity contribution in [2.24, 2.45) is 0 Å². The minimum absolute atomic E-state index is 0.612. The first-order chi connectivity index (χ1) is 9.93. The summed E-state index contributed by atoms with van der Waals surface area (Å²) in [6.07, 6.45) is 0. The first-order valence-electron chi connectivity index (χ1n) is 6.40. The SMILES string of the molecule is C=C(C)Sc1ccc(OC)c(-c2ccc(Cl)cc2Cl)c1C. The molecule has 1 nitrogen and oxygen atoms in total. The van der Waals surface area contributed by atoms with Crippen LogP contribution in [-0.4, -0.2) is 7.11 Å². The number of thioether (sulfide) groups is 1. The molecule has 0 unspecified atom stereocenters. The Hall–Kier alpha value is -1.09. The summed E-state index contributed by atoms with van der Waals surface area (Å²) in [6, 6.07) is 9.50. The molecule has 0 saturated heterocycles. The molecule has 2 aromatic rings. The number of hydrogen-bond donors (Lipinski definition) is 0. The van der Waals surface area contributed by atoms with Gasteiger partial charge in [-0.05, 0) is 48.6 Å². The summed E-state index contributed by atoms with van der Waals surface area (Å²) in [4.78, 5) is 2.18. The van der Waals surface area contributed by atoms with E-state index in [0.29, 0.717) is 10.0 Å². The van der Waals surface area contributed by atoms with Crippen LogP contribution in [0, 0.1) is 6.92 Å². The third-order valence-electron chi connectivity index (χ3n) is 3.08. The average Bonchev–Trinajstić information content (AvgIpc) is 2.41. The summed E-state index contributed by atoms with van der Waals surface area (Å²) >= 11 is 14.0. The minimum atomic E-state index is 0.612. The number of ether oxygens (including phenoxy) is 1. The van der Waals surface area contributed by atoms with Gasteiger partial charge in [-0.2, -0.15) is 0 Å². The highest BCUT2D eigenvalue weighted by molar-refractivity contribution is 8.03. The molecule has 0 spiro atoms. The van der Waals surface area contributed by atoms with E-state index in [1.54, 1.807) is 24.9 Å². The van der Waals surface area contributed by atoms with Crippen molar-refractivity contribution in [1.29, 1.82) is 0 Å². The Labute approximate surface area is 139 Å². The molecule has 0 saturated carbocycles. The molecule has 0 N–H and O–H groups in total. The van der Waals surface area contributed by atoms with Gasteiger partial charge in [-0.15, -0.1) is 0 Å². The molecule has 4 heteroatoms. The zero-order valence-corrected chi connectivity index (χ0v) is 14.5. The zero-order valence-electron chi connectivity index (χ0n) is 12.2. The molecule has 0 radical (unpaired) electrons. The van der Waals surface area contributed by atoms with Gasteiger partial charge in [0.05, 0.1) is 12.1 Å². The van der Waals surface area contributed by atoms with Gasteiger partial charge >= 0.3 is 0 Å². The molecule has 0 heterocycles. The van der Waals surface area contributed by atoms with Gasteiger partial charge in [0.2, 0.25) is 0 Å². The average molecular weight is 339 g/mol. The second-order valence-electron chi connectivity index (χ2n) is 4.69. The van der Waals surface area contributed by atoms with Crippen molar-refractivity contribution in [2.45, 2.75) is 18.7 Å². The van der Waals surface area contributed by atoms with Gasteiger partial charge in [0.25, 0.3) is 0 Å². The van der Waals surface area contributed by atoms with E-state index < -0.39 is 0 Å². The molecule has 0 aliphatic heterocycles. The van der Waals surface area contributed by atoms with E-state index in [2.05, 4.69) is 13.5 Å². The Bertz CT molecular complexity index is 695. The fraction of sp³-hybridized carbons (Fsp3) is 0.176. The summed E-state index contributed by atoms with van der Waals surface area (Å²) in [5.74, 6) is 0.794. The monoisotopic (exact) mass is 338 g/mol. The Kier molecular flexibility index (Phi) is 5.26. The second-order valence-corrected chi connectivity index (χ2v) is 6.88. The lowest BCUT2D eigenvalue weighted by Crippen LogP contribution is -1.94. The van der Waals surface area contributed by atoms with Crippen LogP contribution < -0.4 is 4.74 Å². The molecule has 0 amide bonds. The molecule has 2 aromatic carbocycles. The molecule has 110 valence electrons. The number of rotatable bonds is 4. The topological polar surface area (TPSA) is 9.23 Å². The Morgan fingerprint density at radius 3 is 2.48 bits per heavy atom. The van der Waals surface area contributed by atoms with E-state index in [1.807, 2.05) is 31.2 Å². The van der Waals surface area contributed by atoms with E-state index in [1.165, 1.54) is 0 Å². The number of methoxy groups -OCH3 is 1. The van der Waals surface area contributed by atoms with Crippen LogP contribution in [-0.2, 0) is 0 Å². The standard InChI is InChI=1S/C17H16Cl2OS/c1-10(2)21-16-8-7-15(20-4)17(11(16)3)13-6-5-12(18)9-14(13)19/h5-9H,1H2,2-4H3. The smallest absolute Gasteiger partial charge is 0.127 e. The lowest BCUT2D eigenvalue weighted by atomic mass is 9.99. The lowest BCUT2D eigenvalue weighted by molar-refractivity contribution is 0.416. The first-order valence-corrected chi connectivity index (χ1v) is 7.97. The first kappa shape index (κ1) is 16.3. The summed E-state index contributed by atoms with van der Waals surface area (Å²) in [7, 11) is 1.66. The second kappa shape index (κ2) is 6.78. The predicted octanol–water partition coefficient (Wildman–Crippen LogP) is 6.60. The normalized spacial score (nSPS) is 10.5. The van der Waals surface area contributed by atoms with Crippen molar-refractivity contribution >= 4 is 35.0 Å². The van der Waals surface area contributed by atoms with E-state index >= 15 is 0 Å². The summed E-state index contributed by atoms with van der Waals surface area (Å²) in [5, 5.41) is 1.23. The van der Waals surface area contributed by atoms with Gasteiger partial charge in [-0.25, -0.2) is 0 Å². The van der Waals surface area contributed by atoms with Gasteiger partial charge in [0.15, 0.2) is 0 Å². The van der Waals surface area contributed by atoms with E-state index in [4.69, 9.17) is 27.9 Å². The zero-order chi connectivity index (χ0) is 15.6. The van der Waals surface area contributed by atoms with Gasteiger partial charge in [-0.1, -0.05) is 47.6 Å². The molecule has 0 atom stereocenters. The number of halogens is 2. The van der Waals surface area contributed by atoms with Gasteiger partial charge in [0.1, 0.15) is 5.75 Å². The highest BCUT2D eigenvalue weighted by atomic mass is 35.5. The molecule has 2 rings (SSSR count). The number of hydrogen-bond acceptors (Lipinski definition) is 2. The highest BCUT2D eigenvalue weighted by Crippen LogP contribution is 2.42. The van der Waals surface area contributed by atoms with Crippen LogP contribution in [0.5, 0.6) is 5.75 Å². The summed E-state index contributed by atoms with van der Waals surface area (Å²) in [5.41, 5.74) is 3.02. The fourth-order valence-electron chi connectivity index (χ4n) is 2.16. The van der Waals surface area contributed by atoms with Crippen molar-refractivity contribution in [2.75, 3.05) is 7.11 Å². The summed E-state index contributed by atoms with van der Waals surface area (Å²) < 4.78 is 5.50. The third-order valence-corrected chi connectivity index (χ3v) is 4.64. The minimum Gasteiger partial charge on any atom is -0.496 e. The Balaban J connectivity index is 2.67. The van der Waals surface area contributed by atoms with Gasteiger partial charge in [0, 0.05) is 21.0 Å². The van der Waals surface area contributed by atoms with Crippen molar-refractivity contribution in [1.82, 2.24) is 0 Å². The molecule has 0 bridgehead atoms. The van der Waals surface area contributed by atoms with Crippen molar-refractivity contribution in [3.05, 3.63) is 57.4 Å². The van der Waals surface area contributed by atoms with E-state index in [9.17, 15) is 0 Å². The van der Waals surface area contributed by atoms with Crippen LogP contribution in [0.1, 0.15) is 12.5 Å². The van der Waals surface area contributed by atoms with E-state index in [-0.39, 0.29) is 0 Å². The maximum absolute atomic E-state index is 6.36. The highest BCUT2D eigenvalue weighted by Gasteiger charge is 2.16.